The van der Waals surface area contributed by atoms with Gasteiger partial charge in [-0.3, -0.25) is 0 Å². The Morgan fingerprint density at radius 2 is 1.00 bits per heavy atom. The molecule has 4 heterocycles. The lowest BCUT2D eigenvalue weighted by atomic mass is 9.85. The zero-order valence-electron chi connectivity index (χ0n) is 13.4. The van der Waals surface area contributed by atoms with Crippen LogP contribution in [0.2, 0.25) is 0 Å². The molecule has 8 heteroatoms. The van der Waals surface area contributed by atoms with E-state index in [0.717, 1.165) is 37.2 Å². The van der Waals surface area contributed by atoms with Gasteiger partial charge < -0.3 is 29.2 Å². The van der Waals surface area contributed by atoms with Crippen molar-refractivity contribution in [3.05, 3.63) is 0 Å². The molecule has 1 aliphatic carbocycles. The largest absolute Gasteiger partial charge is 0.387 e. The highest BCUT2D eigenvalue weighted by molar-refractivity contribution is 8.00. The third-order valence-electron chi connectivity index (χ3n) is 5.70. The predicted octanol–water partition coefficient (Wildman–Crippen LogP) is 0.733. The van der Waals surface area contributed by atoms with Crippen LogP contribution < -0.4 is 0 Å². The van der Waals surface area contributed by atoms with Crippen molar-refractivity contribution >= 4 is 23.5 Å². The van der Waals surface area contributed by atoms with Crippen molar-refractivity contribution in [2.75, 3.05) is 11.5 Å². The maximum atomic E-state index is 10.8. The molecule has 10 atom stereocenters. The number of aliphatic hydroxyl groups excluding tert-OH is 2. The molecular weight excluding hydrogens is 352 g/mol. The summed E-state index contributed by atoms with van der Waals surface area (Å²) in [7, 11) is 0. The van der Waals surface area contributed by atoms with Crippen LogP contribution in [0.15, 0.2) is 0 Å². The maximum Gasteiger partial charge on any atom is 0.170 e. The Bertz CT molecular complexity index is 403. The van der Waals surface area contributed by atoms with Crippen molar-refractivity contribution in [1.29, 1.82) is 0 Å². The molecule has 0 aromatic carbocycles. The highest BCUT2D eigenvalue weighted by Crippen LogP contribution is 2.44. The zero-order chi connectivity index (χ0) is 16.3. The summed E-state index contributed by atoms with van der Waals surface area (Å²) in [5.74, 6) is 2.24. The average Bonchev–Trinajstić information content (AvgIpc) is 3.39. The van der Waals surface area contributed by atoms with Crippen LogP contribution in [-0.4, -0.2) is 81.4 Å². The Labute approximate surface area is 149 Å². The Morgan fingerprint density at radius 1 is 0.625 bits per heavy atom. The van der Waals surface area contributed by atoms with Crippen LogP contribution in [0.4, 0.5) is 0 Å². The number of rotatable bonds is 2. The number of hydrogen-bond acceptors (Lipinski definition) is 8. The Balaban J connectivity index is 1.30. The normalized spacial score (nSPS) is 57.2. The maximum absolute atomic E-state index is 10.8. The van der Waals surface area contributed by atoms with Gasteiger partial charge in [-0.05, 0) is 37.2 Å². The van der Waals surface area contributed by atoms with Gasteiger partial charge in [0.15, 0.2) is 12.6 Å². The van der Waals surface area contributed by atoms with E-state index in [0.29, 0.717) is 10.5 Å². The number of ether oxygens (including phenoxy) is 4. The van der Waals surface area contributed by atoms with Crippen molar-refractivity contribution in [3.8, 4) is 0 Å². The van der Waals surface area contributed by atoms with E-state index in [1.807, 2.05) is 23.5 Å². The van der Waals surface area contributed by atoms with Gasteiger partial charge in [0, 0.05) is 0 Å². The van der Waals surface area contributed by atoms with Crippen molar-refractivity contribution in [2.24, 2.45) is 0 Å². The van der Waals surface area contributed by atoms with Gasteiger partial charge >= 0.3 is 0 Å². The van der Waals surface area contributed by atoms with E-state index in [1.54, 1.807) is 0 Å². The molecule has 0 spiro atoms. The van der Waals surface area contributed by atoms with Crippen LogP contribution in [0.1, 0.15) is 25.7 Å². The van der Waals surface area contributed by atoms with Crippen LogP contribution in [0.25, 0.3) is 0 Å². The van der Waals surface area contributed by atoms with Gasteiger partial charge in [-0.1, -0.05) is 0 Å². The third-order valence-corrected chi connectivity index (χ3v) is 8.52. The summed E-state index contributed by atoms with van der Waals surface area (Å²) >= 11 is 3.70. The lowest BCUT2D eigenvalue weighted by molar-refractivity contribution is -0.152. The summed E-state index contributed by atoms with van der Waals surface area (Å²) in [6, 6.07) is 0. The summed E-state index contributed by atoms with van der Waals surface area (Å²) in [5.41, 5.74) is 0. The summed E-state index contributed by atoms with van der Waals surface area (Å²) in [6.45, 7) is 0. The van der Waals surface area contributed by atoms with Crippen molar-refractivity contribution < 1.29 is 29.2 Å². The quantitative estimate of drug-likeness (QED) is 0.731. The van der Waals surface area contributed by atoms with Crippen LogP contribution in [0.3, 0.4) is 0 Å². The second kappa shape index (κ2) is 6.56. The standard InChI is InChI=1S/C16H24O6S2/c17-9-11-12(20-15(19-11)7-3-1-5-23-7)10(18)14-13(9)21-16(22-14)8-4-2-6-24-8/h7-18H,1-6H2/t7?,8?,9?,10?,11-,12-,13-,14+,15?,16?/m0/s1. The molecule has 0 amide bonds. The lowest BCUT2D eigenvalue weighted by Gasteiger charge is -2.38. The molecule has 0 bridgehead atoms. The predicted molar refractivity (Wildman–Crippen MR) is 90.0 cm³/mol. The van der Waals surface area contributed by atoms with Gasteiger partial charge in [0.05, 0.1) is 10.5 Å². The average molecular weight is 376 g/mol. The van der Waals surface area contributed by atoms with E-state index in [2.05, 4.69) is 0 Å². The zero-order valence-corrected chi connectivity index (χ0v) is 15.0. The van der Waals surface area contributed by atoms with E-state index in [-0.39, 0.29) is 12.6 Å². The molecule has 5 fully saturated rings. The van der Waals surface area contributed by atoms with E-state index in [4.69, 9.17) is 18.9 Å². The Morgan fingerprint density at radius 3 is 1.29 bits per heavy atom. The van der Waals surface area contributed by atoms with Gasteiger partial charge in [0.25, 0.3) is 0 Å². The summed E-state index contributed by atoms with van der Waals surface area (Å²) in [5, 5.41) is 22.1. The molecule has 1 saturated carbocycles. The first-order valence-electron chi connectivity index (χ1n) is 8.93. The molecule has 6 unspecified atom stereocenters. The molecule has 0 radical (unpaired) electrons. The smallest absolute Gasteiger partial charge is 0.170 e. The SMILES string of the molecule is OC1[C@H]2OC(C3CCCS3)O[C@H]2C(O)[C@@H]2OC(C3CCCS3)O[C@@H]12. The van der Waals surface area contributed by atoms with E-state index >= 15 is 0 Å². The van der Waals surface area contributed by atoms with Gasteiger partial charge in [-0.2, -0.15) is 23.5 Å². The van der Waals surface area contributed by atoms with E-state index in [1.165, 1.54) is 0 Å². The second-order valence-corrected chi connectivity index (χ2v) is 9.92. The minimum Gasteiger partial charge on any atom is -0.387 e. The summed E-state index contributed by atoms with van der Waals surface area (Å²) < 4.78 is 24.0. The Hall–Kier alpha value is 0.460. The molecule has 0 aromatic rings. The fraction of sp³-hybridized carbons (Fsp3) is 1.00. The van der Waals surface area contributed by atoms with Crippen LogP contribution in [-0.2, 0) is 18.9 Å². The van der Waals surface area contributed by atoms with Gasteiger partial charge in [-0.25, -0.2) is 0 Å². The molecule has 136 valence electrons. The molecular formula is C16H24O6S2. The minimum absolute atomic E-state index is 0.291. The summed E-state index contributed by atoms with van der Waals surface area (Å²) in [4.78, 5) is 0. The molecule has 5 aliphatic rings. The first kappa shape index (κ1) is 16.6. The molecule has 5 rings (SSSR count). The second-order valence-electron chi connectivity index (χ2n) is 7.22. The lowest BCUT2D eigenvalue weighted by Crippen LogP contribution is -2.61. The van der Waals surface area contributed by atoms with E-state index < -0.39 is 36.6 Å². The monoisotopic (exact) mass is 376 g/mol. The molecule has 6 nitrogen and oxygen atoms in total. The van der Waals surface area contributed by atoms with Crippen LogP contribution in [0.5, 0.6) is 0 Å². The van der Waals surface area contributed by atoms with Crippen LogP contribution in [0, 0.1) is 0 Å². The van der Waals surface area contributed by atoms with Gasteiger partial charge in [0.1, 0.15) is 36.6 Å². The number of aliphatic hydroxyl groups is 2. The summed E-state index contributed by atoms with van der Waals surface area (Å²) in [6.07, 6.45) is -0.0481. The third kappa shape index (κ3) is 2.65. The Kier molecular flexibility index (Phi) is 4.55. The topological polar surface area (TPSA) is 77.4 Å². The van der Waals surface area contributed by atoms with Crippen LogP contribution >= 0.6 is 23.5 Å². The highest BCUT2D eigenvalue weighted by atomic mass is 32.2. The van der Waals surface area contributed by atoms with Crippen molar-refractivity contribution in [1.82, 2.24) is 0 Å². The fourth-order valence-electron chi connectivity index (χ4n) is 4.45. The number of thioether (sulfide) groups is 2. The van der Waals surface area contributed by atoms with Crippen molar-refractivity contribution in [2.45, 2.75) is 85.4 Å². The van der Waals surface area contributed by atoms with E-state index in [9.17, 15) is 10.2 Å². The van der Waals surface area contributed by atoms with Gasteiger partial charge in [-0.15, -0.1) is 0 Å². The molecule has 4 saturated heterocycles. The molecule has 0 aromatic heterocycles. The fourth-order valence-corrected chi connectivity index (χ4v) is 6.96. The number of fused-ring (bicyclic) bond motifs is 2. The van der Waals surface area contributed by atoms with Gasteiger partial charge in [0.2, 0.25) is 0 Å². The number of hydrogen-bond donors (Lipinski definition) is 2. The van der Waals surface area contributed by atoms with Crippen molar-refractivity contribution in [3.63, 3.8) is 0 Å². The molecule has 4 aliphatic heterocycles. The first-order chi connectivity index (χ1) is 11.7. The molecule has 2 N–H and O–H groups in total. The highest BCUT2D eigenvalue weighted by Gasteiger charge is 2.61. The first-order valence-corrected chi connectivity index (χ1v) is 11.0. The molecule has 24 heavy (non-hydrogen) atoms. The minimum atomic E-state index is -0.823.